The van der Waals surface area contributed by atoms with E-state index in [2.05, 4.69) is 5.11 Å². The Morgan fingerprint density at radius 3 is 2.20 bits per heavy atom. The van der Waals surface area contributed by atoms with E-state index in [1.807, 2.05) is 0 Å². The molecule has 25 heavy (non-hydrogen) atoms. The fourth-order valence-corrected chi connectivity index (χ4v) is 2.27. The number of carbonyl (C=O) groups excluding carboxylic acids is 1. The van der Waals surface area contributed by atoms with E-state index in [1.54, 1.807) is 30.3 Å². The lowest BCUT2D eigenvalue weighted by atomic mass is 10.0. The molecular formula is C19H12F2N2O2. The molecule has 0 aliphatic rings. The van der Waals surface area contributed by atoms with Crippen molar-refractivity contribution in [2.24, 2.45) is 5.11 Å². The number of carbonyl (C=O) groups is 1. The summed E-state index contributed by atoms with van der Waals surface area (Å²) in [4.78, 5) is 12.8. The summed E-state index contributed by atoms with van der Waals surface area (Å²) in [5.41, 5.74) is 0.329. The Morgan fingerprint density at radius 2 is 1.52 bits per heavy atom. The van der Waals surface area contributed by atoms with E-state index < -0.39 is 17.4 Å². The summed E-state index contributed by atoms with van der Waals surface area (Å²) in [6.07, 6.45) is 0. The molecule has 0 aliphatic carbocycles. The van der Waals surface area contributed by atoms with Crippen LogP contribution in [0.3, 0.4) is 0 Å². The fraction of sp³-hybridized carbons (Fsp3) is 0. The van der Waals surface area contributed by atoms with Crippen LogP contribution in [0.5, 0.6) is 0 Å². The Hall–Kier alpha value is -3.41. The molecule has 0 bridgehead atoms. The first kappa shape index (κ1) is 16.4. The topological polar surface area (TPSA) is 55.5 Å². The van der Waals surface area contributed by atoms with Gasteiger partial charge in [-0.1, -0.05) is 30.3 Å². The second-order valence-corrected chi connectivity index (χ2v) is 5.21. The van der Waals surface area contributed by atoms with E-state index in [0.717, 1.165) is 24.3 Å². The molecule has 6 heteroatoms. The predicted molar refractivity (Wildman–Crippen MR) is 88.0 cm³/mol. The Morgan fingerprint density at radius 1 is 0.880 bits per heavy atom. The van der Waals surface area contributed by atoms with Crippen LogP contribution < -0.4 is 0 Å². The number of ketones is 1. The van der Waals surface area contributed by atoms with E-state index in [1.165, 1.54) is 18.2 Å². The molecule has 3 aromatic carbocycles. The van der Waals surface area contributed by atoms with Gasteiger partial charge >= 0.3 is 0 Å². The number of halogens is 2. The molecule has 0 saturated carbocycles. The van der Waals surface area contributed by atoms with Gasteiger partial charge in [-0.05, 0) is 41.3 Å². The summed E-state index contributed by atoms with van der Waals surface area (Å²) in [6, 6.07) is 16.4. The maximum atomic E-state index is 13.6. The van der Waals surface area contributed by atoms with Gasteiger partial charge in [-0.25, -0.2) is 8.78 Å². The van der Waals surface area contributed by atoms with Crippen molar-refractivity contribution in [3.8, 4) is 0 Å². The van der Waals surface area contributed by atoms with Gasteiger partial charge in [0.15, 0.2) is 5.78 Å². The number of benzene rings is 3. The third kappa shape index (κ3) is 3.74. The first-order chi connectivity index (χ1) is 12.0. The number of rotatable bonds is 4. The number of nitrogens with zero attached hydrogens (tertiary/aromatic N) is 2. The van der Waals surface area contributed by atoms with Gasteiger partial charge in [-0.15, -0.1) is 0 Å². The fourth-order valence-electron chi connectivity index (χ4n) is 2.27. The van der Waals surface area contributed by atoms with Crippen LogP contribution in [0.4, 0.5) is 20.2 Å². The van der Waals surface area contributed by atoms with Gasteiger partial charge in [0.25, 0.3) is 5.69 Å². The lowest BCUT2D eigenvalue weighted by molar-refractivity contribution is -0.435. The molecule has 0 saturated heterocycles. The molecule has 0 fully saturated rings. The monoisotopic (exact) mass is 338 g/mol. The van der Waals surface area contributed by atoms with E-state index >= 15 is 0 Å². The highest BCUT2D eigenvalue weighted by molar-refractivity contribution is 6.11. The second kappa shape index (κ2) is 7.00. The van der Waals surface area contributed by atoms with Crippen molar-refractivity contribution in [2.75, 3.05) is 0 Å². The summed E-state index contributed by atoms with van der Waals surface area (Å²) in [7, 11) is 0. The molecule has 0 radical (unpaired) electrons. The molecule has 124 valence electrons. The third-order valence-corrected chi connectivity index (χ3v) is 3.48. The average Bonchev–Trinajstić information content (AvgIpc) is 2.63. The molecule has 0 heterocycles. The van der Waals surface area contributed by atoms with Crippen molar-refractivity contribution >= 4 is 17.2 Å². The zero-order valence-corrected chi connectivity index (χ0v) is 12.9. The second-order valence-electron chi connectivity index (χ2n) is 5.21. The van der Waals surface area contributed by atoms with E-state index in [9.17, 15) is 18.8 Å². The summed E-state index contributed by atoms with van der Waals surface area (Å²) in [5, 5.41) is 16.1. The third-order valence-electron chi connectivity index (χ3n) is 3.48. The van der Waals surface area contributed by atoms with E-state index in [-0.39, 0.29) is 21.8 Å². The summed E-state index contributed by atoms with van der Waals surface area (Å²) < 4.78 is 26.5. The van der Waals surface area contributed by atoms with Crippen molar-refractivity contribution in [3.63, 3.8) is 0 Å². The molecule has 0 aromatic heterocycles. The van der Waals surface area contributed by atoms with Crippen LogP contribution >= 0.6 is 0 Å². The van der Waals surface area contributed by atoms with Crippen molar-refractivity contribution < 1.29 is 18.4 Å². The first-order valence-electron chi connectivity index (χ1n) is 7.38. The molecular weight excluding hydrogens is 326 g/mol. The zero-order chi connectivity index (χ0) is 17.8. The quantitative estimate of drug-likeness (QED) is 0.287. The Bertz CT molecular complexity index is 939. The maximum Gasteiger partial charge on any atom is 0.256 e. The molecule has 0 aliphatic heterocycles. The standard InChI is InChI=1S/C19H12F2N2O2/c20-14-6-9-16(10-7-14)22-23(25)18-11-8-15(21)12-17(18)19(24)13-4-2-1-3-5-13/h1-12H. The molecule has 0 atom stereocenters. The normalized spacial score (nSPS) is 11.4. The number of hydrogen-bond acceptors (Lipinski definition) is 3. The lowest BCUT2D eigenvalue weighted by Gasteiger charge is -2.06. The van der Waals surface area contributed by atoms with Crippen molar-refractivity contribution in [2.45, 2.75) is 0 Å². The van der Waals surface area contributed by atoms with Gasteiger partial charge in [-0.2, -0.15) is 0 Å². The highest BCUT2D eigenvalue weighted by Gasteiger charge is 2.21. The van der Waals surface area contributed by atoms with Crippen molar-refractivity contribution in [3.05, 3.63) is 101 Å². The molecule has 0 amide bonds. The van der Waals surface area contributed by atoms with Gasteiger partial charge < -0.3 is 5.21 Å². The highest BCUT2D eigenvalue weighted by atomic mass is 19.1. The largest absolute Gasteiger partial charge is 0.594 e. The van der Waals surface area contributed by atoms with Crippen LogP contribution in [0.2, 0.25) is 0 Å². The van der Waals surface area contributed by atoms with Gasteiger partial charge in [0.05, 0.1) is 0 Å². The minimum absolute atomic E-state index is 0.0976. The molecule has 3 aromatic rings. The maximum absolute atomic E-state index is 13.6. The lowest BCUT2D eigenvalue weighted by Crippen LogP contribution is -2.06. The van der Waals surface area contributed by atoms with Gasteiger partial charge in [0, 0.05) is 16.7 Å². The Labute approximate surface area is 142 Å². The summed E-state index contributed by atoms with van der Waals surface area (Å²) in [6.45, 7) is 0. The van der Waals surface area contributed by atoms with Crippen LogP contribution in [0.1, 0.15) is 15.9 Å². The molecule has 4 nitrogen and oxygen atoms in total. The molecule has 0 spiro atoms. The number of hydrogen-bond donors (Lipinski definition) is 0. The zero-order valence-electron chi connectivity index (χ0n) is 12.9. The van der Waals surface area contributed by atoms with Gasteiger partial charge in [0.2, 0.25) is 0 Å². The van der Waals surface area contributed by atoms with Crippen molar-refractivity contribution in [1.29, 1.82) is 0 Å². The van der Waals surface area contributed by atoms with E-state index in [0.29, 0.717) is 5.56 Å². The van der Waals surface area contributed by atoms with Crippen LogP contribution in [0.25, 0.3) is 0 Å². The summed E-state index contributed by atoms with van der Waals surface area (Å²) in [5.74, 6) is -1.60. The highest BCUT2D eigenvalue weighted by Crippen LogP contribution is 2.25. The first-order valence-corrected chi connectivity index (χ1v) is 7.38. The van der Waals surface area contributed by atoms with Gasteiger partial charge in [0.1, 0.15) is 22.9 Å². The Balaban J connectivity index is 2.04. The van der Waals surface area contributed by atoms with Crippen LogP contribution in [0.15, 0.2) is 77.9 Å². The minimum Gasteiger partial charge on any atom is -0.594 e. The van der Waals surface area contributed by atoms with Crippen LogP contribution in [0, 0.1) is 16.8 Å². The molecule has 0 unspecified atom stereocenters. The Kier molecular flexibility index (Phi) is 4.61. The average molecular weight is 338 g/mol. The van der Waals surface area contributed by atoms with Crippen molar-refractivity contribution in [1.82, 2.24) is 0 Å². The van der Waals surface area contributed by atoms with Crippen LogP contribution in [-0.4, -0.2) is 10.6 Å². The smallest absolute Gasteiger partial charge is 0.256 e. The molecule has 3 rings (SSSR count). The summed E-state index contributed by atoms with van der Waals surface area (Å²) >= 11 is 0. The minimum atomic E-state index is -0.641. The SMILES string of the molecule is O=C(c1ccccc1)c1cc(F)ccc1[N+]([O-])=Nc1ccc(F)cc1. The number of azo groups is 1. The van der Waals surface area contributed by atoms with E-state index in [4.69, 9.17) is 0 Å². The van der Waals surface area contributed by atoms with Crippen LogP contribution in [-0.2, 0) is 0 Å². The van der Waals surface area contributed by atoms with Gasteiger partial charge in [-0.3, -0.25) is 4.79 Å². The predicted octanol–water partition coefficient (Wildman–Crippen LogP) is 5.12. The molecule has 0 N–H and O–H groups in total.